The molecule has 3 rings (SSSR count). The maximum atomic E-state index is 4.60. The Hall–Kier alpha value is -1.13. The second-order valence-electron chi connectivity index (χ2n) is 3.73. The quantitative estimate of drug-likeness (QED) is 0.729. The summed E-state index contributed by atoms with van der Waals surface area (Å²) < 4.78 is 1.86. The van der Waals surface area contributed by atoms with E-state index in [1.165, 1.54) is 11.3 Å². The van der Waals surface area contributed by atoms with Gasteiger partial charge in [-0.25, -0.2) is 9.50 Å². The molecule has 0 fully saturated rings. The van der Waals surface area contributed by atoms with Crippen molar-refractivity contribution in [2.24, 2.45) is 0 Å². The number of hydrogen-bond donors (Lipinski definition) is 1. The van der Waals surface area contributed by atoms with E-state index in [2.05, 4.69) is 21.6 Å². The number of rotatable bonds is 0. The van der Waals surface area contributed by atoms with Crippen molar-refractivity contribution < 1.29 is 0 Å². The number of fused-ring (bicyclic) bond motifs is 2. The number of aryl methyl sites for hydroxylation is 1. The van der Waals surface area contributed by atoms with Gasteiger partial charge in [-0.15, -0.1) is 12.4 Å². The van der Waals surface area contributed by atoms with Gasteiger partial charge in [0.05, 0.1) is 11.4 Å². The summed E-state index contributed by atoms with van der Waals surface area (Å²) in [6.07, 6.45) is 3.10. The minimum Gasteiger partial charge on any atom is -0.312 e. The van der Waals surface area contributed by atoms with Crippen LogP contribution in [0.1, 0.15) is 17.0 Å². The highest BCUT2D eigenvalue weighted by molar-refractivity contribution is 5.85. The van der Waals surface area contributed by atoms with Crippen LogP contribution in [0.2, 0.25) is 0 Å². The first-order chi connectivity index (χ1) is 6.83. The molecule has 5 heteroatoms. The maximum Gasteiger partial charge on any atom is 0.155 e. The van der Waals surface area contributed by atoms with E-state index in [0.29, 0.717) is 0 Å². The fourth-order valence-corrected chi connectivity index (χ4v) is 1.91. The Morgan fingerprint density at radius 3 is 3.20 bits per heavy atom. The molecular formula is C10H13ClN4. The van der Waals surface area contributed by atoms with Gasteiger partial charge in [0.1, 0.15) is 0 Å². The molecule has 0 bridgehead atoms. The largest absolute Gasteiger partial charge is 0.312 e. The first-order valence-corrected chi connectivity index (χ1v) is 4.88. The van der Waals surface area contributed by atoms with Crippen molar-refractivity contribution in [3.05, 3.63) is 29.2 Å². The smallest absolute Gasteiger partial charge is 0.155 e. The zero-order valence-corrected chi connectivity index (χ0v) is 9.34. The van der Waals surface area contributed by atoms with Crippen LogP contribution < -0.4 is 5.32 Å². The highest BCUT2D eigenvalue weighted by Crippen LogP contribution is 2.13. The van der Waals surface area contributed by atoms with Crippen LogP contribution in [-0.4, -0.2) is 21.1 Å². The predicted molar refractivity (Wildman–Crippen MR) is 60.4 cm³/mol. The van der Waals surface area contributed by atoms with E-state index in [4.69, 9.17) is 0 Å². The normalized spacial score (nSPS) is 14.7. The Bertz CT molecular complexity index is 448. The van der Waals surface area contributed by atoms with E-state index in [9.17, 15) is 0 Å². The first-order valence-electron chi connectivity index (χ1n) is 4.88. The Morgan fingerprint density at radius 1 is 1.47 bits per heavy atom. The van der Waals surface area contributed by atoms with E-state index in [1.807, 2.05) is 17.5 Å². The van der Waals surface area contributed by atoms with Gasteiger partial charge >= 0.3 is 0 Å². The highest BCUT2D eigenvalue weighted by Gasteiger charge is 2.11. The number of hydrogen-bond acceptors (Lipinski definition) is 3. The summed E-state index contributed by atoms with van der Waals surface area (Å²) in [5.74, 6) is 0. The lowest BCUT2D eigenvalue weighted by Crippen LogP contribution is -2.25. The summed E-state index contributed by atoms with van der Waals surface area (Å²) in [7, 11) is 0. The lowest BCUT2D eigenvalue weighted by molar-refractivity contribution is 0.623. The van der Waals surface area contributed by atoms with Gasteiger partial charge in [0.2, 0.25) is 0 Å². The van der Waals surface area contributed by atoms with Gasteiger partial charge in [-0.1, -0.05) is 0 Å². The van der Waals surface area contributed by atoms with Crippen LogP contribution in [0.15, 0.2) is 12.3 Å². The van der Waals surface area contributed by atoms with Crippen LogP contribution >= 0.6 is 12.4 Å². The molecule has 2 aromatic heterocycles. The molecule has 0 aliphatic carbocycles. The van der Waals surface area contributed by atoms with Crippen molar-refractivity contribution in [3.63, 3.8) is 0 Å². The van der Waals surface area contributed by atoms with Crippen LogP contribution in [-0.2, 0) is 13.0 Å². The van der Waals surface area contributed by atoms with E-state index in [-0.39, 0.29) is 12.4 Å². The lowest BCUT2D eigenvalue weighted by Gasteiger charge is -2.15. The molecule has 0 amide bonds. The Balaban J connectivity index is 0.000000853. The molecule has 0 spiro atoms. The maximum absolute atomic E-state index is 4.60. The Morgan fingerprint density at radius 2 is 2.33 bits per heavy atom. The molecule has 0 saturated carbocycles. The number of halogens is 1. The van der Waals surface area contributed by atoms with Crippen LogP contribution in [0.4, 0.5) is 0 Å². The van der Waals surface area contributed by atoms with Crippen molar-refractivity contribution >= 4 is 18.1 Å². The summed E-state index contributed by atoms with van der Waals surface area (Å²) in [6.45, 7) is 3.94. The summed E-state index contributed by atoms with van der Waals surface area (Å²) in [6, 6.07) is 2.02. The SMILES string of the molecule is Cc1cc2nc3c(cn2n1)CNCC3.Cl. The van der Waals surface area contributed by atoms with Gasteiger partial charge in [-0.3, -0.25) is 0 Å². The molecule has 15 heavy (non-hydrogen) atoms. The molecule has 0 unspecified atom stereocenters. The van der Waals surface area contributed by atoms with Gasteiger partial charge in [0.25, 0.3) is 0 Å². The monoisotopic (exact) mass is 224 g/mol. The molecule has 1 N–H and O–H groups in total. The zero-order chi connectivity index (χ0) is 9.54. The summed E-state index contributed by atoms with van der Waals surface area (Å²) in [5, 5.41) is 7.68. The van der Waals surface area contributed by atoms with Crippen molar-refractivity contribution in [2.45, 2.75) is 19.9 Å². The number of nitrogens with zero attached hydrogens (tertiary/aromatic N) is 3. The van der Waals surface area contributed by atoms with Gasteiger partial charge < -0.3 is 5.32 Å². The molecule has 4 nitrogen and oxygen atoms in total. The molecule has 1 aliphatic heterocycles. The minimum absolute atomic E-state index is 0. The summed E-state index contributed by atoms with van der Waals surface area (Å²) in [5.41, 5.74) is 4.47. The van der Waals surface area contributed by atoms with E-state index >= 15 is 0 Å². The highest BCUT2D eigenvalue weighted by atomic mass is 35.5. The minimum atomic E-state index is 0. The third-order valence-corrected chi connectivity index (χ3v) is 2.59. The van der Waals surface area contributed by atoms with E-state index in [0.717, 1.165) is 30.9 Å². The third-order valence-electron chi connectivity index (χ3n) is 2.59. The van der Waals surface area contributed by atoms with Gasteiger partial charge in [0, 0.05) is 37.3 Å². The number of aromatic nitrogens is 3. The predicted octanol–water partition coefficient (Wildman–Crippen LogP) is 1.11. The molecule has 0 atom stereocenters. The standard InChI is InChI=1S/C10H12N4.ClH/c1-7-4-10-12-9-2-3-11-5-8(9)6-14(10)13-7;/h4,6,11H,2-3,5H2,1H3;1H. The van der Waals surface area contributed by atoms with Gasteiger partial charge in [0.15, 0.2) is 5.65 Å². The van der Waals surface area contributed by atoms with E-state index < -0.39 is 0 Å². The van der Waals surface area contributed by atoms with E-state index in [1.54, 1.807) is 0 Å². The molecular weight excluding hydrogens is 212 g/mol. The average Bonchev–Trinajstić information content (AvgIpc) is 2.53. The number of nitrogens with one attached hydrogen (secondary N) is 1. The first kappa shape index (κ1) is 10.4. The molecule has 1 aliphatic rings. The van der Waals surface area contributed by atoms with Crippen molar-refractivity contribution in [2.75, 3.05) is 6.54 Å². The fraction of sp³-hybridized carbons (Fsp3) is 0.400. The van der Waals surface area contributed by atoms with Crippen molar-refractivity contribution in [1.82, 2.24) is 19.9 Å². The molecule has 3 heterocycles. The molecule has 80 valence electrons. The zero-order valence-electron chi connectivity index (χ0n) is 8.53. The molecule has 0 radical (unpaired) electrons. The van der Waals surface area contributed by atoms with Gasteiger partial charge in [-0.05, 0) is 6.92 Å². The van der Waals surface area contributed by atoms with Crippen LogP contribution in [0.3, 0.4) is 0 Å². The Labute approximate surface area is 94.1 Å². The van der Waals surface area contributed by atoms with Crippen LogP contribution in [0.5, 0.6) is 0 Å². The third kappa shape index (κ3) is 1.70. The molecule has 2 aromatic rings. The lowest BCUT2D eigenvalue weighted by atomic mass is 10.1. The van der Waals surface area contributed by atoms with Crippen LogP contribution in [0, 0.1) is 6.92 Å². The van der Waals surface area contributed by atoms with Crippen molar-refractivity contribution in [1.29, 1.82) is 0 Å². The average molecular weight is 225 g/mol. The summed E-state index contributed by atoms with van der Waals surface area (Å²) >= 11 is 0. The molecule has 0 aromatic carbocycles. The fourth-order valence-electron chi connectivity index (χ4n) is 1.91. The Kier molecular flexibility index (Phi) is 2.63. The second kappa shape index (κ2) is 3.79. The topological polar surface area (TPSA) is 42.2 Å². The molecule has 0 saturated heterocycles. The van der Waals surface area contributed by atoms with Crippen molar-refractivity contribution in [3.8, 4) is 0 Å². The second-order valence-corrected chi connectivity index (χ2v) is 3.73. The summed E-state index contributed by atoms with van der Waals surface area (Å²) in [4.78, 5) is 4.60. The van der Waals surface area contributed by atoms with Gasteiger partial charge in [-0.2, -0.15) is 5.10 Å². The van der Waals surface area contributed by atoms with Crippen LogP contribution in [0.25, 0.3) is 5.65 Å².